The summed E-state index contributed by atoms with van der Waals surface area (Å²) in [6.45, 7) is 11.6. The number of para-hydroxylation sites is 2. The summed E-state index contributed by atoms with van der Waals surface area (Å²) in [5.74, 6) is 0. The van der Waals surface area contributed by atoms with Gasteiger partial charge in [-0.3, -0.25) is 0 Å². The molecule has 0 aromatic heterocycles. The van der Waals surface area contributed by atoms with Gasteiger partial charge < -0.3 is 10.2 Å². The molecule has 0 saturated heterocycles. The first-order chi connectivity index (χ1) is 25.1. The smallest absolute Gasteiger partial charge is 0.0503 e. The van der Waals surface area contributed by atoms with E-state index < -0.39 is 0 Å². The van der Waals surface area contributed by atoms with E-state index in [2.05, 4.69) is 157 Å². The van der Waals surface area contributed by atoms with Crippen molar-refractivity contribution in [3.8, 4) is 33.4 Å². The van der Waals surface area contributed by atoms with Crippen molar-refractivity contribution >= 4 is 39.2 Å². The van der Waals surface area contributed by atoms with Crippen LogP contribution in [0, 0.1) is 6.92 Å². The quantitative estimate of drug-likeness (QED) is 0.190. The average Bonchev–Trinajstić information content (AvgIpc) is 3.58. The maximum Gasteiger partial charge on any atom is 0.0503 e. The normalized spacial score (nSPS) is 12.3. The van der Waals surface area contributed by atoms with Crippen LogP contribution < -0.4 is 10.2 Å². The van der Waals surface area contributed by atoms with Crippen LogP contribution in [0.2, 0.25) is 0 Å². The van der Waals surface area contributed by atoms with E-state index in [9.17, 15) is 0 Å². The Bertz CT molecular complexity index is 2440. The standard InChI is InChI=1S/C44H32N2.C3H6.C2H6/c1-27-39-25-30-20-21-33(26-40(30)42(39)38-16-9-15-37-36-14-7-8-17-41(36)45-44(27)43(37)38)46(31-11-3-2-4-12-31)32-22-23-35-29(24-32)19-18-28-10-5-6-13-34(28)35;1-3-2;1-2/h2-17,20-24,26,45H,18-19,25H2,1H3;3H,1H2,2H3;1-2H3. The molecule has 2 nitrogen and oxygen atoms in total. The molecule has 0 saturated carbocycles. The number of hydrogen-bond donors (Lipinski definition) is 1. The highest BCUT2D eigenvalue weighted by atomic mass is 15.1. The molecule has 1 heterocycles. The molecule has 51 heavy (non-hydrogen) atoms. The second-order valence-electron chi connectivity index (χ2n) is 13.3. The van der Waals surface area contributed by atoms with E-state index in [0.717, 1.165) is 19.3 Å². The second-order valence-corrected chi connectivity index (χ2v) is 13.3. The van der Waals surface area contributed by atoms with Gasteiger partial charge in [-0.2, -0.15) is 0 Å². The van der Waals surface area contributed by atoms with Crippen molar-refractivity contribution in [3.05, 3.63) is 174 Å². The molecule has 0 spiro atoms. The summed E-state index contributed by atoms with van der Waals surface area (Å²) in [5.41, 5.74) is 21.2. The molecule has 2 aliphatic carbocycles. The highest BCUT2D eigenvalue weighted by Gasteiger charge is 2.30. The predicted molar refractivity (Wildman–Crippen MR) is 220 cm³/mol. The highest BCUT2D eigenvalue weighted by Crippen LogP contribution is 2.53. The van der Waals surface area contributed by atoms with Gasteiger partial charge in [0.15, 0.2) is 0 Å². The highest BCUT2D eigenvalue weighted by molar-refractivity contribution is 6.18. The molecule has 0 radical (unpaired) electrons. The molecule has 2 heteroatoms. The summed E-state index contributed by atoms with van der Waals surface area (Å²) in [5, 5.41) is 6.50. The molecule has 7 aromatic rings. The van der Waals surface area contributed by atoms with Gasteiger partial charge in [-0.1, -0.05) is 111 Å². The van der Waals surface area contributed by atoms with Gasteiger partial charge in [0.1, 0.15) is 0 Å². The van der Waals surface area contributed by atoms with Crippen molar-refractivity contribution in [2.75, 3.05) is 10.2 Å². The Morgan fingerprint density at radius 1 is 0.588 bits per heavy atom. The summed E-state index contributed by atoms with van der Waals surface area (Å²) < 4.78 is 0. The number of rotatable bonds is 3. The topological polar surface area (TPSA) is 15.3 Å². The van der Waals surface area contributed by atoms with Gasteiger partial charge >= 0.3 is 0 Å². The average molecular weight is 661 g/mol. The van der Waals surface area contributed by atoms with Crippen LogP contribution in [-0.2, 0) is 19.3 Å². The van der Waals surface area contributed by atoms with Gasteiger partial charge in [0, 0.05) is 33.7 Å². The van der Waals surface area contributed by atoms with Gasteiger partial charge in [-0.15, -0.1) is 6.58 Å². The van der Waals surface area contributed by atoms with E-state index in [4.69, 9.17) is 0 Å². The summed E-state index contributed by atoms with van der Waals surface area (Å²) in [6.07, 6.45) is 4.85. The fourth-order valence-electron chi connectivity index (χ4n) is 8.35. The number of fused-ring (bicyclic) bond motifs is 9. The SMILES string of the molecule is C=CC.CC.Cc1c2c(c3cccc4c3c1Nc1ccccc1-4)-c1cc(N(c3ccccc3)c3ccc4c(c3)CCc3ccccc3-4)ccc1C2. The van der Waals surface area contributed by atoms with E-state index in [1.165, 1.54) is 100 Å². The van der Waals surface area contributed by atoms with Crippen molar-refractivity contribution in [1.29, 1.82) is 0 Å². The van der Waals surface area contributed by atoms with Crippen LogP contribution in [0.1, 0.15) is 48.6 Å². The number of allylic oxidation sites excluding steroid dienone is 1. The van der Waals surface area contributed by atoms with E-state index in [-0.39, 0.29) is 0 Å². The zero-order valence-corrected chi connectivity index (χ0v) is 30.1. The molecule has 250 valence electrons. The number of hydrogen-bond acceptors (Lipinski definition) is 2. The molecule has 0 bridgehead atoms. The van der Waals surface area contributed by atoms with E-state index in [0.29, 0.717) is 0 Å². The molecular formula is C49H44N2. The first kappa shape index (κ1) is 32.4. The summed E-state index contributed by atoms with van der Waals surface area (Å²) >= 11 is 0. The molecule has 0 unspecified atom stereocenters. The largest absolute Gasteiger partial charge is 0.354 e. The van der Waals surface area contributed by atoms with Crippen LogP contribution >= 0.6 is 0 Å². The second kappa shape index (κ2) is 13.5. The molecule has 1 aliphatic heterocycles. The number of nitrogens with one attached hydrogen (secondary N) is 1. The van der Waals surface area contributed by atoms with Crippen molar-refractivity contribution in [3.63, 3.8) is 0 Å². The molecule has 0 amide bonds. The first-order valence-corrected chi connectivity index (χ1v) is 18.4. The third kappa shape index (κ3) is 5.34. The molecule has 0 atom stereocenters. The van der Waals surface area contributed by atoms with E-state index in [1.54, 1.807) is 6.08 Å². The Kier molecular flexibility index (Phi) is 8.53. The van der Waals surface area contributed by atoms with Gasteiger partial charge in [0.25, 0.3) is 0 Å². The Balaban J connectivity index is 0.000000713. The molecular weight excluding hydrogens is 617 g/mol. The van der Waals surface area contributed by atoms with Gasteiger partial charge in [-0.25, -0.2) is 0 Å². The molecule has 3 aliphatic rings. The third-order valence-corrected chi connectivity index (χ3v) is 10.5. The lowest BCUT2D eigenvalue weighted by molar-refractivity contribution is 0.941. The first-order valence-electron chi connectivity index (χ1n) is 18.4. The Labute approximate surface area is 302 Å². The van der Waals surface area contributed by atoms with Crippen LogP contribution in [-0.4, -0.2) is 0 Å². The van der Waals surface area contributed by atoms with Crippen molar-refractivity contribution in [2.24, 2.45) is 0 Å². The Morgan fingerprint density at radius 3 is 2.06 bits per heavy atom. The zero-order chi connectivity index (χ0) is 35.1. The minimum Gasteiger partial charge on any atom is -0.354 e. The summed E-state index contributed by atoms with van der Waals surface area (Å²) in [7, 11) is 0. The number of benzene rings is 7. The Morgan fingerprint density at radius 2 is 1.24 bits per heavy atom. The van der Waals surface area contributed by atoms with Crippen LogP contribution in [0.4, 0.5) is 28.4 Å². The maximum atomic E-state index is 3.83. The fourth-order valence-corrected chi connectivity index (χ4v) is 8.35. The predicted octanol–water partition coefficient (Wildman–Crippen LogP) is 13.9. The lowest BCUT2D eigenvalue weighted by atomic mass is 9.85. The number of nitrogens with zero attached hydrogens (tertiary/aromatic N) is 1. The maximum absolute atomic E-state index is 3.83. The third-order valence-electron chi connectivity index (χ3n) is 10.5. The number of aryl methyl sites for hydroxylation is 2. The molecule has 1 N–H and O–H groups in total. The van der Waals surface area contributed by atoms with Crippen molar-refractivity contribution in [2.45, 2.75) is 47.0 Å². The number of anilines is 5. The fraction of sp³-hybridized carbons (Fsp3) is 0.143. The lowest BCUT2D eigenvalue weighted by Crippen LogP contribution is -2.12. The van der Waals surface area contributed by atoms with Gasteiger partial charge in [0.2, 0.25) is 0 Å². The minimum absolute atomic E-state index is 0.955. The van der Waals surface area contributed by atoms with Crippen LogP contribution in [0.15, 0.2) is 146 Å². The van der Waals surface area contributed by atoms with Gasteiger partial charge in [-0.05, 0) is 137 Å². The monoisotopic (exact) mass is 660 g/mol. The summed E-state index contributed by atoms with van der Waals surface area (Å²) in [6, 6.07) is 49.5. The molecule has 7 aromatic carbocycles. The van der Waals surface area contributed by atoms with E-state index in [1.807, 2.05) is 20.8 Å². The molecule has 10 rings (SSSR count). The van der Waals surface area contributed by atoms with Crippen molar-refractivity contribution < 1.29 is 0 Å². The summed E-state index contributed by atoms with van der Waals surface area (Å²) in [4.78, 5) is 2.44. The van der Waals surface area contributed by atoms with E-state index >= 15 is 0 Å². The lowest BCUT2D eigenvalue weighted by Gasteiger charge is -2.28. The zero-order valence-electron chi connectivity index (χ0n) is 30.1. The van der Waals surface area contributed by atoms with Crippen LogP contribution in [0.25, 0.3) is 44.2 Å². The van der Waals surface area contributed by atoms with Crippen LogP contribution in [0.3, 0.4) is 0 Å². The minimum atomic E-state index is 0.955. The van der Waals surface area contributed by atoms with Crippen LogP contribution in [0.5, 0.6) is 0 Å². The van der Waals surface area contributed by atoms with Gasteiger partial charge in [0.05, 0.1) is 5.69 Å². The molecule has 0 fully saturated rings. The Hall–Kier alpha value is -5.86. The van der Waals surface area contributed by atoms with Crippen molar-refractivity contribution in [1.82, 2.24) is 0 Å².